The van der Waals surface area contributed by atoms with Crippen molar-refractivity contribution in [1.29, 1.82) is 0 Å². The van der Waals surface area contributed by atoms with Gasteiger partial charge in [0.2, 0.25) is 5.95 Å². The summed E-state index contributed by atoms with van der Waals surface area (Å²) < 4.78 is 15.4. The molecule has 2 unspecified atom stereocenters. The lowest BCUT2D eigenvalue weighted by Crippen LogP contribution is -2.34. The molecular formula is C22H25FN4O. The molecule has 0 spiro atoms. The van der Waals surface area contributed by atoms with Crippen LogP contribution >= 0.6 is 0 Å². The van der Waals surface area contributed by atoms with Crippen LogP contribution in [-0.2, 0) is 18.6 Å². The lowest BCUT2D eigenvalue weighted by Gasteiger charge is -2.32. The Labute approximate surface area is 163 Å². The fraction of sp³-hybridized carbons (Fsp3) is 0.455. The van der Waals surface area contributed by atoms with E-state index in [0.29, 0.717) is 18.3 Å². The van der Waals surface area contributed by atoms with Crippen LogP contribution in [0.2, 0.25) is 0 Å². The summed E-state index contributed by atoms with van der Waals surface area (Å²) >= 11 is 0. The molecule has 2 aliphatic heterocycles. The second-order valence-electron chi connectivity index (χ2n) is 8.41. The fourth-order valence-electron chi connectivity index (χ4n) is 5.02. The van der Waals surface area contributed by atoms with Gasteiger partial charge in [-0.2, -0.15) is 4.39 Å². The van der Waals surface area contributed by atoms with Crippen molar-refractivity contribution in [2.45, 2.75) is 51.3 Å². The van der Waals surface area contributed by atoms with Crippen LogP contribution in [0.4, 0.5) is 4.39 Å². The van der Waals surface area contributed by atoms with Crippen molar-refractivity contribution < 1.29 is 9.50 Å². The zero-order valence-corrected chi connectivity index (χ0v) is 16.3. The highest BCUT2D eigenvalue weighted by molar-refractivity contribution is 5.87. The van der Waals surface area contributed by atoms with E-state index in [1.54, 1.807) is 6.92 Å². The largest absolute Gasteiger partial charge is 0.382 e. The van der Waals surface area contributed by atoms with Gasteiger partial charge in [-0.25, -0.2) is 4.98 Å². The normalized spacial score (nSPS) is 21.5. The van der Waals surface area contributed by atoms with Gasteiger partial charge in [0.25, 0.3) is 0 Å². The standard InChI is InChI=1S/C22H25FN4O/c1-14-5-6-16-15(10-14)21-17-4-3-8-26(17)9-7-18(21)27(16)13-22(2,28)19-11-25-20(23)12-24-19/h5-6,10-12,17,28H,3-4,7-9,13H2,1-2H3. The topological polar surface area (TPSA) is 54.2 Å². The minimum atomic E-state index is -1.24. The first-order chi connectivity index (χ1) is 13.4. The molecule has 0 saturated carbocycles. The molecule has 1 aromatic carbocycles. The molecule has 28 heavy (non-hydrogen) atoms. The molecule has 0 aliphatic carbocycles. The third-order valence-electron chi connectivity index (χ3n) is 6.34. The monoisotopic (exact) mass is 380 g/mol. The third-order valence-corrected chi connectivity index (χ3v) is 6.34. The Bertz CT molecular complexity index is 1040. The van der Waals surface area contributed by atoms with Gasteiger partial charge in [0.05, 0.1) is 24.6 Å². The highest BCUT2D eigenvalue weighted by Gasteiger charge is 2.37. The van der Waals surface area contributed by atoms with E-state index in [2.05, 4.69) is 44.6 Å². The van der Waals surface area contributed by atoms with Crippen molar-refractivity contribution in [2.75, 3.05) is 13.1 Å². The van der Waals surface area contributed by atoms with Gasteiger partial charge in [-0.05, 0) is 50.9 Å². The molecule has 1 fully saturated rings. The van der Waals surface area contributed by atoms with Crippen molar-refractivity contribution in [3.63, 3.8) is 0 Å². The number of hydrogen-bond donors (Lipinski definition) is 1. The van der Waals surface area contributed by atoms with Gasteiger partial charge in [0, 0.05) is 35.6 Å². The zero-order chi connectivity index (χ0) is 19.5. The van der Waals surface area contributed by atoms with Crippen molar-refractivity contribution in [1.82, 2.24) is 19.4 Å². The molecule has 0 bridgehead atoms. The second-order valence-corrected chi connectivity index (χ2v) is 8.41. The fourth-order valence-corrected chi connectivity index (χ4v) is 5.02. The van der Waals surface area contributed by atoms with Gasteiger partial charge in [0.1, 0.15) is 5.60 Å². The average Bonchev–Trinajstić information content (AvgIpc) is 3.25. The summed E-state index contributed by atoms with van der Waals surface area (Å²) in [5.41, 5.74) is 4.30. The number of aliphatic hydroxyl groups is 1. The lowest BCUT2D eigenvalue weighted by molar-refractivity contribution is 0.0334. The first kappa shape index (κ1) is 17.8. The molecular weight excluding hydrogens is 355 g/mol. The maximum atomic E-state index is 13.2. The van der Waals surface area contributed by atoms with Gasteiger partial charge >= 0.3 is 0 Å². The Morgan fingerprint density at radius 3 is 2.89 bits per heavy atom. The van der Waals surface area contributed by atoms with E-state index < -0.39 is 11.5 Å². The van der Waals surface area contributed by atoms with E-state index in [9.17, 15) is 9.50 Å². The summed E-state index contributed by atoms with van der Waals surface area (Å²) in [4.78, 5) is 10.4. The van der Waals surface area contributed by atoms with Crippen LogP contribution in [-0.4, -0.2) is 37.6 Å². The number of benzene rings is 1. The molecule has 146 valence electrons. The number of halogens is 1. The van der Waals surface area contributed by atoms with Crippen molar-refractivity contribution in [2.24, 2.45) is 0 Å². The summed E-state index contributed by atoms with van der Waals surface area (Å²) in [5.74, 6) is -0.639. The summed E-state index contributed by atoms with van der Waals surface area (Å²) in [6.07, 6.45) is 5.80. The molecule has 6 heteroatoms. The van der Waals surface area contributed by atoms with Crippen LogP contribution < -0.4 is 0 Å². The molecule has 2 aliphatic rings. The Morgan fingerprint density at radius 1 is 1.25 bits per heavy atom. The van der Waals surface area contributed by atoms with Crippen molar-refractivity contribution in [3.8, 4) is 0 Å². The molecule has 2 aromatic heterocycles. The number of rotatable bonds is 3. The van der Waals surface area contributed by atoms with Crippen molar-refractivity contribution >= 4 is 10.9 Å². The highest BCUT2D eigenvalue weighted by Crippen LogP contribution is 2.43. The minimum absolute atomic E-state index is 0.370. The Morgan fingerprint density at radius 2 is 2.11 bits per heavy atom. The molecule has 3 aromatic rings. The lowest BCUT2D eigenvalue weighted by atomic mass is 9.95. The van der Waals surface area contributed by atoms with E-state index in [-0.39, 0.29) is 0 Å². The SMILES string of the molecule is Cc1ccc2c(c1)c1c(n2CC(C)(O)c2cnc(F)cn2)CCN2CCCC12. The number of fused-ring (bicyclic) bond motifs is 5. The molecule has 4 heterocycles. The van der Waals surface area contributed by atoms with Gasteiger partial charge in [-0.3, -0.25) is 9.88 Å². The Hall–Kier alpha value is -2.31. The minimum Gasteiger partial charge on any atom is -0.382 e. The van der Waals surface area contributed by atoms with Gasteiger partial charge in [-0.1, -0.05) is 11.6 Å². The maximum Gasteiger partial charge on any atom is 0.231 e. The molecule has 0 radical (unpaired) electrons. The van der Waals surface area contributed by atoms with E-state index in [0.717, 1.165) is 24.7 Å². The molecule has 5 nitrogen and oxygen atoms in total. The van der Waals surface area contributed by atoms with Crippen LogP contribution in [0.1, 0.15) is 48.3 Å². The quantitative estimate of drug-likeness (QED) is 0.756. The van der Waals surface area contributed by atoms with Crippen LogP contribution in [0.15, 0.2) is 30.6 Å². The summed E-state index contributed by atoms with van der Waals surface area (Å²) in [6, 6.07) is 7.04. The molecule has 2 atom stereocenters. The second kappa shape index (κ2) is 6.36. The average molecular weight is 380 g/mol. The summed E-state index contributed by atoms with van der Waals surface area (Å²) in [6.45, 7) is 6.46. The van der Waals surface area contributed by atoms with Crippen LogP contribution in [0.3, 0.4) is 0 Å². The Balaban J connectivity index is 1.65. The molecule has 5 rings (SSSR count). The van der Waals surface area contributed by atoms with Gasteiger partial charge in [-0.15, -0.1) is 0 Å². The predicted octanol–water partition coefficient (Wildman–Crippen LogP) is 3.48. The van der Waals surface area contributed by atoms with Crippen LogP contribution in [0, 0.1) is 12.9 Å². The van der Waals surface area contributed by atoms with Gasteiger partial charge in [0.15, 0.2) is 0 Å². The van der Waals surface area contributed by atoms with Gasteiger partial charge < -0.3 is 9.67 Å². The molecule has 0 amide bonds. The number of hydrogen-bond acceptors (Lipinski definition) is 4. The first-order valence-corrected chi connectivity index (χ1v) is 10.00. The highest BCUT2D eigenvalue weighted by atomic mass is 19.1. The summed E-state index contributed by atoms with van der Waals surface area (Å²) in [7, 11) is 0. The Kier molecular flexibility index (Phi) is 4.03. The smallest absolute Gasteiger partial charge is 0.231 e. The molecule has 1 saturated heterocycles. The third kappa shape index (κ3) is 2.74. The zero-order valence-electron chi connectivity index (χ0n) is 16.3. The number of nitrogens with zero attached hydrogens (tertiary/aromatic N) is 4. The van der Waals surface area contributed by atoms with E-state index in [4.69, 9.17) is 0 Å². The van der Waals surface area contributed by atoms with Crippen LogP contribution in [0.5, 0.6) is 0 Å². The van der Waals surface area contributed by atoms with E-state index in [1.807, 2.05) is 0 Å². The van der Waals surface area contributed by atoms with E-state index >= 15 is 0 Å². The summed E-state index contributed by atoms with van der Waals surface area (Å²) in [5, 5.41) is 12.5. The number of aromatic nitrogens is 3. The maximum absolute atomic E-state index is 13.2. The first-order valence-electron chi connectivity index (χ1n) is 10.00. The van der Waals surface area contributed by atoms with E-state index in [1.165, 1.54) is 47.8 Å². The van der Waals surface area contributed by atoms with Crippen molar-refractivity contribution in [3.05, 3.63) is 59.1 Å². The van der Waals surface area contributed by atoms with Crippen LogP contribution in [0.25, 0.3) is 10.9 Å². The predicted molar refractivity (Wildman–Crippen MR) is 105 cm³/mol. The molecule has 1 N–H and O–H groups in total. The number of aryl methyl sites for hydroxylation is 1.